The van der Waals surface area contributed by atoms with Gasteiger partial charge in [-0.3, -0.25) is 0 Å². The Bertz CT molecular complexity index is 607. The minimum atomic E-state index is 0.394. The Hall–Kier alpha value is -1.40. The third-order valence-electron chi connectivity index (χ3n) is 2.61. The van der Waals surface area contributed by atoms with Gasteiger partial charge >= 0.3 is 0 Å². The second-order valence-corrected chi connectivity index (χ2v) is 4.98. The number of rotatable bonds is 5. The van der Waals surface area contributed by atoms with E-state index in [9.17, 15) is 0 Å². The van der Waals surface area contributed by atoms with Crippen molar-refractivity contribution in [3.05, 3.63) is 51.4 Å². The Labute approximate surface area is 127 Å². The van der Waals surface area contributed by atoms with Crippen LogP contribution in [0.25, 0.3) is 0 Å². The van der Waals surface area contributed by atoms with E-state index in [1.165, 1.54) is 0 Å². The second-order valence-electron chi connectivity index (χ2n) is 4.16. The average molecular weight is 313 g/mol. The van der Waals surface area contributed by atoms with Crippen LogP contribution in [0.1, 0.15) is 17.1 Å². The van der Waals surface area contributed by atoms with E-state index in [1.54, 1.807) is 25.3 Å². The first-order chi connectivity index (χ1) is 9.62. The van der Waals surface area contributed by atoms with Crippen LogP contribution in [0.4, 0.5) is 5.82 Å². The third-order valence-corrected chi connectivity index (χ3v) is 3.35. The standard InChI is InChI=1S/C13H14Cl2N4O/c1-20-7-9-6-13(19-16)18-12(17-9)5-8-2-3-10(14)11(15)4-8/h2-4,6H,5,7,16H2,1H3,(H,17,18,19). The van der Waals surface area contributed by atoms with Gasteiger partial charge in [-0.1, -0.05) is 29.3 Å². The Morgan fingerprint density at radius 2 is 2.00 bits per heavy atom. The molecule has 20 heavy (non-hydrogen) atoms. The summed E-state index contributed by atoms with van der Waals surface area (Å²) >= 11 is 11.9. The zero-order chi connectivity index (χ0) is 14.5. The number of ether oxygens (including phenoxy) is 1. The summed E-state index contributed by atoms with van der Waals surface area (Å²) in [5.74, 6) is 6.58. The van der Waals surface area contributed by atoms with Crippen LogP contribution in [0.15, 0.2) is 24.3 Å². The number of hydrazine groups is 1. The van der Waals surface area contributed by atoms with E-state index in [4.69, 9.17) is 33.8 Å². The highest BCUT2D eigenvalue weighted by Gasteiger charge is 2.07. The zero-order valence-electron chi connectivity index (χ0n) is 10.9. The van der Waals surface area contributed by atoms with Crippen LogP contribution in [0.3, 0.4) is 0 Å². The van der Waals surface area contributed by atoms with Gasteiger partial charge in [0.1, 0.15) is 11.6 Å². The summed E-state index contributed by atoms with van der Waals surface area (Å²) in [5.41, 5.74) is 4.24. The van der Waals surface area contributed by atoms with Gasteiger partial charge in [-0.2, -0.15) is 0 Å². The fourth-order valence-electron chi connectivity index (χ4n) is 1.76. The van der Waals surface area contributed by atoms with E-state index in [2.05, 4.69) is 15.4 Å². The molecule has 2 aromatic rings. The molecule has 1 aromatic carbocycles. The van der Waals surface area contributed by atoms with Crippen molar-refractivity contribution in [2.75, 3.05) is 12.5 Å². The number of hydrogen-bond donors (Lipinski definition) is 2. The number of methoxy groups -OCH3 is 1. The van der Waals surface area contributed by atoms with Gasteiger partial charge in [0, 0.05) is 19.6 Å². The fraction of sp³-hybridized carbons (Fsp3) is 0.231. The Morgan fingerprint density at radius 3 is 2.65 bits per heavy atom. The molecule has 3 N–H and O–H groups in total. The van der Waals surface area contributed by atoms with Crippen molar-refractivity contribution in [2.45, 2.75) is 13.0 Å². The molecule has 0 spiro atoms. The molecule has 0 bridgehead atoms. The number of nitrogens with zero attached hydrogens (tertiary/aromatic N) is 2. The molecule has 0 saturated carbocycles. The molecule has 7 heteroatoms. The van der Waals surface area contributed by atoms with Crippen molar-refractivity contribution in [1.29, 1.82) is 0 Å². The topological polar surface area (TPSA) is 73.1 Å². The Kier molecular flexibility index (Phi) is 5.14. The minimum Gasteiger partial charge on any atom is -0.378 e. The molecule has 0 aliphatic carbocycles. The minimum absolute atomic E-state index is 0.394. The molecule has 0 saturated heterocycles. The van der Waals surface area contributed by atoms with Crippen molar-refractivity contribution in [3.63, 3.8) is 0 Å². The van der Waals surface area contributed by atoms with Crippen molar-refractivity contribution in [3.8, 4) is 0 Å². The predicted molar refractivity (Wildman–Crippen MR) is 79.8 cm³/mol. The van der Waals surface area contributed by atoms with Crippen LogP contribution >= 0.6 is 23.2 Å². The molecule has 0 aliphatic heterocycles. The van der Waals surface area contributed by atoms with Gasteiger partial charge < -0.3 is 10.2 Å². The summed E-state index contributed by atoms with van der Waals surface area (Å²) < 4.78 is 5.07. The number of nitrogens with one attached hydrogen (secondary N) is 1. The van der Waals surface area contributed by atoms with Crippen LogP contribution in [0.2, 0.25) is 10.0 Å². The number of nitrogens with two attached hydrogens (primary N) is 1. The molecule has 0 unspecified atom stereocenters. The van der Waals surface area contributed by atoms with Crippen LogP contribution < -0.4 is 11.3 Å². The molecule has 0 radical (unpaired) electrons. The molecular weight excluding hydrogens is 299 g/mol. The van der Waals surface area contributed by atoms with Crippen LogP contribution in [-0.4, -0.2) is 17.1 Å². The average Bonchev–Trinajstić information content (AvgIpc) is 2.43. The number of anilines is 1. The summed E-state index contributed by atoms with van der Waals surface area (Å²) in [5, 5.41) is 1.03. The van der Waals surface area contributed by atoms with Crippen LogP contribution in [0, 0.1) is 0 Å². The van der Waals surface area contributed by atoms with Gasteiger partial charge in [0.2, 0.25) is 0 Å². The fourth-order valence-corrected chi connectivity index (χ4v) is 2.08. The predicted octanol–water partition coefficient (Wildman–Crippen LogP) is 2.81. The number of hydrogen-bond acceptors (Lipinski definition) is 5. The third kappa shape index (κ3) is 3.80. The largest absolute Gasteiger partial charge is 0.378 e. The first-order valence-electron chi connectivity index (χ1n) is 5.88. The summed E-state index contributed by atoms with van der Waals surface area (Å²) in [6, 6.07) is 7.17. The van der Waals surface area contributed by atoms with E-state index in [0.717, 1.165) is 11.3 Å². The quantitative estimate of drug-likeness (QED) is 0.656. The van der Waals surface area contributed by atoms with Crippen LogP contribution in [0.5, 0.6) is 0 Å². The lowest BCUT2D eigenvalue weighted by atomic mass is 10.1. The molecule has 1 heterocycles. The highest BCUT2D eigenvalue weighted by molar-refractivity contribution is 6.42. The van der Waals surface area contributed by atoms with Crippen molar-refractivity contribution >= 4 is 29.0 Å². The van der Waals surface area contributed by atoms with Gasteiger partial charge in [0.15, 0.2) is 0 Å². The number of halogens is 2. The lowest BCUT2D eigenvalue weighted by Crippen LogP contribution is -2.12. The van der Waals surface area contributed by atoms with Crippen LogP contribution in [-0.2, 0) is 17.8 Å². The Balaban J connectivity index is 2.27. The summed E-state index contributed by atoms with van der Waals surface area (Å²) in [7, 11) is 1.61. The zero-order valence-corrected chi connectivity index (χ0v) is 12.4. The van der Waals surface area contributed by atoms with Gasteiger partial charge in [-0.05, 0) is 17.7 Å². The molecule has 0 amide bonds. The van der Waals surface area contributed by atoms with Crippen molar-refractivity contribution in [1.82, 2.24) is 9.97 Å². The Morgan fingerprint density at radius 1 is 1.20 bits per heavy atom. The molecule has 106 valence electrons. The summed E-state index contributed by atoms with van der Waals surface area (Å²) in [6.45, 7) is 0.394. The normalized spacial score (nSPS) is 10.6. The second kappa shape index (κ2) is 6.85. The molecule has 5 nitrogen and oxygen atoms in total. The first-order valence-corrected chi connectivity index (χ1v) is 6.64. The maximum absolute atomic E-state index is 5.99. The van der Waals surface area contributed by atoms with E-state index < -0.39 is 0 Å². The lowest BCUT2D eigenvalue weighted by Gasteiger charge is -2.08. The molecule has 0 aliphatic rings. The SMILES string of the molecule is COCc1cc(NN)nc(Cc2ccc(Cl)c(Cl)c2)n1. The van der Waals surface area contributed by atoms with E-state index in [0.29, 0.717) is 34.7 Å². The maximum atomic E-state index is 5.99. The molecule has 1 aromatic heterocycles. The summed E-state index contributed by atoms with van der Waals surface area (Å²) in [4.78, 5) is 8.71. The maximum Gasteiger partial charge on any atom is 0.144 e. The van der Waals surface area contributed by atoms with E-state index in [-0.39, 0.29) is 0 Å². The van der Waals surface area contributed by atoms with Crippen molar-refractivity contribution < 1.29 is 4.74 Å². The van der Waals surface area contributed by atoms with Gasteiger partial charge in [-0.25, -0.2) is 15.8 Å². The lowest BCUT2D eigenvalue weighted by molar-refractivity contribution is 0.181. The molecule has 2 rings (SSSR count). The van der Waals surface area contributed by atoms with Gasteiger partial charge in [0.25, 0.3) is 0 Å². The summed E-state index contributed by atoms with van der Waals surface area (Å²) in [6.07, 6.45) is 0.531. The first kappa shape index (κ1) is 15.0. The monoisotopic (exact) mass is 312 g/mol. The molecular formula is C13H14Cl2N4O. The highest BCUT2D eigenvalue weighted by atomic mass is 35.5. The van der Waals surface area contributed by atoms with Crippen molar-refractivity contribution in [2.24, 2.45) is 5.84 Å². The number of aromatic nitrogens is 2. The van der Waals surface area contributed by atoms with E-state index in [1.807, 2.05) is 6.07 Å². The van der Waals surface area contributed by atoms with Gasteiger partial charge in [-0.15, -0.1) is 0 Å². The molecule has 0 atom stereocenters. The molecule has 0 fully saturated rings. The van der Waals surface area contributed by atoms with Gasteiger partial charge in [0.05, 0.1) is 22.3 Å². The smallest absolute Gasteiger partial charge is 0.144 e. The number of benzene rings is 1. The van der Waals surface area contributed by atoms with E-state index >= 15 is 0 Å². The number of nitrogen functional groups attached to an aromatic ring is 1. The highest BCUT2D eigenvalue weighted by Crippen LogP contribution is 2.23.